The first-order chi connectivity index (χ1) is 9.13. The van der Waals surface area contributed by atoms with E-state index in [1.54, 1.807) is 7.05 Å². The van der Waals surface area contributed by atoms with Gasteiger partial charge in [-0.15, -0.1) is 0 Å². The summed E-state index contributed by atoms with van der Waals surface area (Å²) in [6.45, 7) is 2.36. The van der Waals surface area contributed by atoms with Gasteiger partial charge in [0.2, 0.25) is 5.91 Å². The van der Waals surface area contributed by atoms with E-state index in [9.17, 15) is 9.59 Å². The zero-order valence-electron chi connectivity index (χ0n) is 11.6. The Morgan fingerprint density at radius 1 is 1.21 bits per heavy atom. The molecule has 0 aliphatic carbocycles. The lowest BCUT2D eigenvalue weighted by molar-refractivity contribution is -0.148. The van der Waals surface area contributed by atoms with Crippen LogP contribution in [0.1, 0.15) is 25.3 Å². The van der Waals surface area contributed by atoms with E-state index in [0.717, 1.165) is 12.0 Å². The van der Waals surface area contributed by atoms with E-state index in [2.05, 4.69) is 0 Å². The molecule has 4 nitrogen and oxygen atoms in total. The van der Waals surface area contributed by atoms with Crippen LogP contribution in [0.2, 0.25) is 0 Å². The Morgan fingerprint density at radius 2 is 1.89 bits per heavy atom. The highest BCUT2D eigenvalue weighted by Gasteiger charge is 2.13. The Morgan fingerprint density at radius 3 is 2.53 bits per heavy atom. The predicted octanol–water partition coefficient (Wildman–Crippen LogP) is 2.03. The van der Waals surface area contributed by atoms with E-state index < -0.39 is 0 Å². The van der Waals surface area contributed by atoms with Gasteiger partial charge >= 0.3 is 5.97 Å². The van der Waals surface area contributed by atoms with E-state index in [4.69, 9.17) is 4.74 Å². The van der Waals surface area contributed by atoms with Crippen LogP contribution in [0.15, 0.2) is 30.3 Å². The smallest absolute Gasteiger partial charge is 0.325 e. The Balaban J connectivity index is 2.30. The minimum Gasteiger partial charge on any atom is -0.464 e. The number of carbonyl (C=O) groups excluding carboxylic acids is 2. The third kappa shape index (κ3) is 6.04. The fourth-order valence-electron chi connectivity index (χ4n) is 1.63. The van der Waals surface area contributed by atoms with Crippen molar-refractivity contribution in [2.45, 2.75) is 26.2 Å². The van der Waals surface area contributed by atoms with Gasteiger partial charge in [-0.3, -0.25) is 9.59 Å². The number of hydrogen-bond acceptors (Lipinski definition) is 3. The van der Waals surface area contributed by atoms with Gasteiger partial charge in [-0.25, -0.2) is 0 Å². The maximum Gasteiger partial charge on any atom is 0.325 e. The topological polar surface area (TPSA) is 46.6 Å². The van der Waals surface area contributed by atoms with Crippen molar-refractivity contribution in [1.82, 2.24) is 4.90 Å². The molecule has 0 aromatic heterocycles. The third-order valence-electron chi connectivity index (χ3n) is 2.73. The Kier molecular flexibility index (Phi) is 6.64. The van der Waals surface area contributed by atoms with Crippen LogP contribution in [0.5, 0.6) is 0 Å². The number of hydrogen-bond donors (Lipinski definition) is 0. The molecule has 0 fully saturated rings. The van der Waals surface area contributed by atoms with Gasteiger partial charge in [0.05, 0.1) is 6.61 Å². The van der Waals surface area contributed by atoms with Crippen molar-refractivity contribution in [2.75, 3.05) is 20.2 Å². The number of benzene rings is 1. The molecular weight excluding hydrogens is 242 g/mol. The first-order valence-corrected chi connectivity index (χ1v) is 6.57. The van der Waals surface area contributed by atoms with Crippen molar-refractivity contribution in [3.05, 3.63) is 35.9 Å². The van der Waals surface area contributed by atoms with E-state index in [1.807, 2.05) is 37.3 Å². The molecule has 1 aromatic carbocycles. The summed E-state index contributed by atoms with van der Waals surface area (Å²) in [5.74, 6) is -0.394. The molecule has 0 saturated carbocycles. The van der Waals surface area contributed by atoms with Gasteiger partial charge in [-0.2, -0.15) is 0 Å². The number of nitrogens with zero attached hydrogens (tertiary/aromatic N) is 1. The zero-order chi connectivity index (χ0) is 14.1. The molecule has 0 aliphatic heterocycles. The van der Waals surface area contributed by atoms with Gasteiger partial charge in [0.25, 0.3) is 0 Å². The van der Waals surface area contributed by atoms with E-state index >= 15 is 0 Å². The standard InChI is InChI=1S/C15H21NO3/c1-3-11-19-15(18)12-16(2)14(17)10-9-13-7-5-4-6-8-13/h4-8H,3,9-12H2,1-2H3. The summed E-state index contributed by atoms with van der Waals surface area (Å²) in [6.07, 6.45) is 1.88. The lowest BCUT2D eigenvalue weighted by Crippen LogP contribution is -2.33. The molecule has 0 aliphatic rings. The lowest BCUT2D eigenvalue weighted by Gasteiger charge is -2.16. The largest absolute Gasteiger partial charge is 0.464 e. The van der Waals surface area contributed by atoms with Gasteiger partial charge in [0.1, 0.15) is 6.54 Å². The molecule has 0 radical (unpaired) electrons. The highest BCUT2D eigenvalue weighted by Crippen LogP contribution is 2.04. The van der Waals surface area contributed by atoms with Crippen molar-refractivity contribution >= 4 is 11.9 Å². The van der Waals surface area contributed by atoms with Crippen molar-refractivity contribution in [3.8, 4) is 0 Å². The SMILES string of the molecule is CCCOC(=O)CN(C)C(=O)CCc1ccccc1. The highest BCUT2D eigenvalue weighted by atomic mass is 16.5. The van der Waals surface area contributed by atoms with Gasteiger partial charge < -0.3 is 9.64 Å². The number of amides is 1. The second-order valence-corrected chi connectivity index (χ2v) is 4.46. The number of esters is 1. The molecule has 0 bridgehead atoms. The highest BCUT2D eigenvalue weighted by molar-refractivity contribution is 5.81. The molecule has 1 aromatic rings. The molecule has 0 unspecified atom stereocenters. The minimum absolute atomic E-state index is 0.0215. The van der Waals surface area contributed by atoms with Crippen molar-refractivity contribution in [3.63, 3.8) is 0 Å². The van der Waals surface area contributed by atoms with E-state index in [-0.39, 0.29) is 18.4 Å². The van der Waals surface area contributed by atoms with Crippen molar-refractivity contribution in [1.29, 1.82) is 0 Å². The molecule has 19 heavy (non-hydrogen) atoms. The first kappa shape index (κ1) is 15.2. The molecule has 1 rings (SSSR count). The second-order valence-electron chi connectivity index (χ2n) is 4.46. The molecule has 104 valence electrons. The summed E-state index contributed by atoms with van der Waals surface area (Å²) in [5, 5.41) is 0. The molecule has 0 N–H and O–H groups in total. The fourth-order valence-corrected chi connectivity index (χ4v) is 1.63. The first-order valence-electron chi connectivity index (χ1n) is 6.57. The van der Waals surface area contributed by atoms with E-state index in [1.165, 1.54) is 4.90 Å². The van der Waals surface area contributed by atoms with Gasteiger partial charge in [0.15, 0.2) is 0 Å². The van der Waals surface area contributed by atoms with Gasteiger partial charge in [-0.1, -0.05) is 37.3 Å². The summed E-state index contributed by atoms with van der Waals surface area (Å²) in [4.78, 5) is 24.6. The van der Waals surface area contributed by atoms with Crippen molar-refractivity contribution < 1.29 is 14.3 Å². The predicted molar refractivity (Wildman–Crippen MR) is 73.7 cm³/mol. The maximum atomic E-state index is 11.8. The second kappa shape index (κ2) is 8.29. The molecular formula is C15H21NO3. The minimum atomic E-state index is -0.350. The summed E-state index contributed by atoms with van der Waals surface area (Å²) in [5.41, 5.74) is 1.12. The summed E-state index contributed by atoms with van der Waals surface area (Å²) < 4.78 is 4.94. The number of carbonyl (C=O) groups is 2. The lowest BCUT2D eigenvalue weighted by atomic mass is 10.1. The molecule has 0 heterocycles. The summed E-state index contributed by atoms with van der Waals surface area (Å²) >= 11 is 0. The van der Waals surface area contributed by atoms with Crippen LogP contribution in [0.3, 0.4) is 0 Å². The van der Waals surface area contributed by atoms with Crippen LogP contribution in [-0.4, -0.2) is 37.0 Å². The average Bonchev–Trinajstić information content (AvgIpc) is 2.43. The molecule has 1 amide bonds. The van der Waals surface area contributed by atoms with E-state index in [0.29, 0.717) is 19.4 Å². The molecule has 0 saturated heterocycles. The quantitative estimate of drug-likeness (QED) is 0.707. The molecule has 4 heteroatoms. The van der Waals surface area contributed by atoms with Crippen LogP contribution in [-0.2, 0) is 20.7 Å². The van der Waals surface area contributed by atoms with Crippen LogP contribution >= 0.6 is 0 Å². The van der Waals surface area contributed by atoms with Crippen LogP contribution in [0.25, 0.3) is 0 Å². The van der Waals surface area contributed by atoms with Gasteiger partial charge in [-0.05, 0) is 18.4 Å². The third-order valence-corrected chi connectivity index (χ3v) is 2.73. The van der Waals surface area contributed by atoms with Gasteiger partial charge in [0, 0.05) is 13.5 Å². The summed E-state index contributed by atoms with van der Waals surface area (Å²) in [6, 6.07) is 9.82. The number of aryl methyl sites for hydroxylation is 1. The number of likely N-dealkylation sites (N-methyl/N-ethyl adjacent to an activating group) is 1. The monoisotopic (exact) mass is 263 g/mol. The maximum absolute atomic E-state index is 11.8. The zero-order valence-corrected chi connectivity index (χ0v) is 11.6. The van der Waals surface area contributed by atoms with Crippen LogP contribution in [0.4, 0.5) is 0 Å². The Bertz CT molecular complexity index is 403. The van der Waals surface area contributed by atoms with Crippen LogP contribution in [0, 0.1) is 0 Å². The number of ether oxygens (including phenoxy) is 1. The fraction of sp³-hybridized carbons (Fsp3) is 0.467. The summed E-state index contributed by atoms with van der Waals surface area (Å²) in [7, 11) is 1.63. The van der Waals surface area contributed by atoms with Crippen LogP contribution < -0.4 is 0 Å². The number of rotatable bonds is 7. The average molecular weight is 263 g/mol. The normalized spacial score (nSPS) is 10.0. The Hall–Kier alpha value is -1.84. The molecule has 0 atom stereocenters. The Labute approximate surface area is 114 Å². The van der Waals surface area contributed by atoms with Crippen molar-refractivity contribution in [2.24, 2.45) is 0 Å². The molecule has 0 spiro atoms.